The number of thiophene rings is 1. The van der Waals surface area contributed by atoms with Crippen LogP contribution in [0, 0.1) is 0 Å². The van der Waals surface area contributed by atoms with E-state index < -0.39 is 12.2 Å². The van der Waals surface area contributed by atoms with Gasteiger partial charge < -0.3 is 40.2 Å². The summed E-state index contributed by atoms with van der Waals surface area (Å²) in [7, 11) is 2.53. The summed E-state index contributed by atoms with van der Waals surface area (Å²) in [5.41, 5.74) is 5.88. The van der Waals surface area contributed by atoms with E-state index in [1.807, 2.05) is 26.8 Å². The van der Waals surface area contributed by atoms with E-state index in [9.17, 15) is 19.2 Å². The van der Waals surface area contributed by atoms with Gasteiger partial charge in [-0.2, -0.15) is 0 Å². The summed E-state index contributed by atoms with van der Waals surface area (Å²) in [5, 5.41) is 10.9. The topological polar surface area (TPSA) is 158 Å². The number of benzene rings is 2. The number of nitrogens with zero attached hydrogens (tertiary/aromatic N) is 3. The van der Waals surface area contributed by atoms with E-state index in [1.165, 1.54) is 14.2 Å². The smallest absolute Gasteiger partial charge is 0.407 e. The van der Waals surface area contributed by atoms with Gasteiger partial charge in [0.15, 0.2) is 0 Å². The molecule has 0 atom stereocenters. The predicted octanol–water partition coefficient (Wildman–Crippen LogP) is 6.77. The zero-order valence-electron chi connectivity index (χ0n) is 31.7. The number of hydrogen-bond acceptors (Lipinski definition) is 9. The molecule has 53 heavy (non-hydrogen) atoms. The quantitative estimate of drug-likeness (QED) is 0.0923. The highest BCUT2D eigenvalue weighted by Gasteiger charge is 2.19. The molecule has 4 aromatic rings. The summed E-state index contributed by atoms with van der Waals surface area (Å²) in [5.74, 6) is 0.251. The van der Waals surface area contributed by atoms with Crippen molar-refractivity contribution in [3.63, 3.8) is 0 Å². The Hall–Kier alpha value is -5.37. The summed E-state index contributed by atoms with van der Waals surface area (Å²) in [6.45, 7) is 11.6. The maximum absolute atomic E-state index is 13.1. The van der Waals surface area contributed by atoms with Gasteiger partial charge in [0.25, 0.3) is 0 Å². The fourth-order valence-corrected chi connectivity index (χ4v) is 7.01. The second-order valence-electron chi connectivity index (χ2n) is 12.5. The van der Waals surface area contributed by atoms with E-state index in [0.29, 0.717) is 32.0 Å². The lowest BCUT2D eigenvalue weighted by Gasteiger charge is -2.26. The van der Waals surface area contributed by atoms with Crippen LogP contribution in [0.25, 0.3) is 37.1 Å². The number of imidazole rings is 1. The number of nitrogens with one attached hydrogen (secondary N) is 4. The Morgan fingerprint density at radius 1 is 0.868 bits per heavy atom. The lowest BCUT2D eigenvalue weighted by Crippen LogP contribution is -2.42. The van der Waals surface area contributed by atoms with Crippen LogP contribution in [0.15, 0.2) is 59.9 Å². The van der Waals surface area contributed by atoms with E-state index in [-0.39, 0.29) is 24.9 Å². The van der Waals surface area contributed by atoms with Crippen molar-refractivity contribution in [1.82, 2.24) is 35.7 Å². The highest BCUT2D eigenvalue weighted by Crippen LogP contribution is 2.37. The van der Waals surface area contributed by atoms with Crippen molar-refractivity contribution in [2.24, 2.45) is 0 Å². The lowest BCUT2D eigenvalue weighted by molar-refractivity contribution is -0.131. The van der Waals surface area contributed by atoms with Crippen molar-refractivity contribution in [3.8, 4) is 11.3 Å². The van der Waals surface area contributed by atoms with Gasteiger partial charge in [0.2, 0.25) is 11.8 Å². The second kappa shape index (κ2) is 19.5. The highest BCUT2D eigenvalue weighted by atomic mass is 32.1. The average molecular weight is 746 g/mol. The summed E-state index contributed by atoms with van der Waals surface area (Å²) < 4.78 is 11.5. The number of aromatic nitrogens is 2. The summed E-state index contributed by atoms with van der Waals surface area (Å²) in [6.07, 6.45) is 4.89. The van der Waals surface area contributed by atoms with Gasteiger partial charge in [0, 0.05) is 50.2 Å². The lowest BCUT2D eigenvalue weighted by atomic mass is 10.1. The van der Waals surface area contributed by atoms with E-state index in [4.69, 9.17) is 0 Å². The van der Waals surface area contributed by atoms with Crippen LogP contribution < -0.4 is 16.0 Å². The summed E-state index contributed by atoms with van der Waals surface area (Å²) in [4.78, 5) is 60.2. The molecule has 0 saturated carbocycles. The van der Waals surface area contributed by atoms with Gasteiger partial charge in [-0.15, -0.1) is 11.3 Å². The number of hydrogen-bond donors (Lipinski definition) is 4. The monoisotopic (exact) mass is 745 g/mol. The predicted molar refractivity (Wildman–Crippen MR) is 210 cm³/mol. The maximum Gasteiger partial charge on any atom is 0.407 e. The Morgan fingerprint density at radius 2 is 1.47 bits per heavy atom. The minimum atomic E-state index is -0.650. The average Bonchev–Trinajstić information content (AvgIpc) is 3.80. The van der Waals surface area contributed by atoms with Crippen LogP contribution in [0.5, 0.6) is 0 Å². The first-order valence-corrected chi connectivity index (χ1v) is 18.7. The maximum atomic E-state index is 13.1. The van der Waals surface area contributed by atoms with E-state index in [0.717, 1.165) is 73.2 Å². The summed E-state index contributed by atoms with van der Waals surface area (Å²) >= 11 is 1.71. The molecule has 14 heteroatoms. The van der Waals surface area contributed by atoms with Crippen molar-refractivity contribution >= 4 is 61.2 Å². The van der Waals surface area contributed by atoms with Gasteiger partial charge >= 0.3 is 12.2 Å². The van der Waals surface area contributed by atoms with Crippen LogP contribution in [0.4, 0.5) is 9.59 Å². The largest absolute Gasteiger partial charge is 0.453 e. The van der Waals surface area contributed by atoms with Crippen LogP contribution >= 0.6 is 11.3 Å². The van der Waals surface area contributed by atoms with Gasteiger partial charge in [0.1, 0.15) is 18.9 Å². The Labute approximate surface area is 314 Å². The molecule has 0 bridgehead atoms. The van der Waals surface area contributed by atoms with Gasteiger partial charge in [-0.1, -0.05) is 56.7 Å². The molecular formula is C39H51N7O6S. The van der Waals surface area contributed by atoms with Crippen LogP contribution in [0.3, 0.4) is 0 Å². The molecule has 0 aliphatic carbocycles. The van der Waals surface area contributed by atoms with Gasteiger partial charge in [-0.25, -0.2) is 14.6 Å². The molecule has 2 aromatic carbocycles. The first-order valence-electron chi connectivity index (χ1n) is 17.9. The highest BCUT2D eigenvalue weighted by molar-refractivity contribution is 7.25. The normalized spacial score (nSPS) is 11.9. The van der Waals surface area contributed by atoms with Crippen molar-refractivity contribution < 1.29 is 28.7 Å². The van der Waals surface area contributed by atoms with Crippen molar-refractivity contribution in [2.75, 3.05) is 46.9 Å². The van der Waals surface area contributed by atoms with Crippen molar-refractivity contribution in [1.29, 1.82) is 0 Å². The Bertz CT molecular complexity index is 1980. The van der Waals surface area contributed by atoms with Crippen molar-refractivity contribution in [2.45, 2.75) is 60.4 Å². The third-order valence-electron chi connectivity index (χ3n) is 8.86. The molecule has 0 aliphatic rings. The van der Waals surface area contributed by atoms with Crippen LogP contribution in [0.2, 0.25) is 0 Å². The standard InChI is InChI=1S/C39H51N7O6S/c1-8-16-45(36(47)21-41-38(49)51-6)23-32(25(5)10-3)43-30(11-4)26-12-14-28-29-15-13-27(19-34(29)53-33(28)18-26)31-20-40-35(44-31)24-46(17-9-2)37(48)22-42-39(50)52-7/h11-15,18-20,43H,8-10,16-17,21-24H2,1-7H3,(H,40,44)(H,41,49)(H,42,50)/b30-11-,32-25+. The Morgan fingerprint density at radius 3 is 2.08 bits per heavy atom. The molecular weight excluding hydrogens is 695 g/mol. The molecule has 0 unspecified atom stereocenters. The third-order valence-corrected chi connectivity index (χ3v) is 9.98. The number of H-pyrrole nitrogens is 1. The molecule has 0 fully saturated rings. The molecule has 4 N–H and O–H groups in total. The molecule has 2 aromatic heterocycles. The fourth-order valence-electron chi connectivity index (χ4n) is 5.83. The van der Waals surface area contributed by atoms with E-state index >= 15 is 0 Å². The SMILES string of the molecule is C/C=C(\N/C(CN(CCC)C(=O)CNC(=O)OC)=C(\C)CC)c1ccc2c(c1)sc1cc(-c3cnc(CN(CCC)C(=O)CNC(=O)OC)[nH]3)ccc12. The molecule has 284 valence electrons. The minimum Gasteiger partial charge on any atom is -0.453 e. The third kappa shape index (κ3) is 10.6. The Balaban J connectivity index is 1.54. The number of ether oxygens (including phenoxy) is 2. The molecule has 0 radical (unpaired) electrons. The molecule has 4 amide bonds. The molecule has 0 saturated heterocycles. The van der Waals surface area contributed by atoms with Gasteiger partial charge in [-0.05, 0) is 50.8 Å². The zero-order valence-corrected chi connectivity index (χ0v) is 32.5. The first kappa shape index (κ1) is 40.4. The zero-order chi connectivity index (χ0) is 38.5. The molecule has 4 rings (SSSR count). The summed E-state index contributed by atoms with van der Waals surface area (Å²) in [6, 6.07) is 12.8. The number of carbonyl (C=O) groups excluding carboxylic acids is 4. The molecule has 0 spiro atoms. The van der Waals surface area contributed by atoms with Gasteiger partial charge in [-0.3, -0.25) is 9.59 Å². The number of amides is 4. The number of fused-ring (bicyclic) bond motifs is 3. The second-order valence-corrected chi connectivity index (χ2v) is 13.6. The number of alkyl carbamates (subject to hydrolysis) is 2. The fraction of sp³-hybridized carbons (Fsp3) is 0.410. The van der Waals surface area contributed by atoms with E-state index in [2.05, 4.69) is 85.6 Å². The van der Waals surface area contributed by atoms with Crippen molar-refractivity contribution in [3.05, 3.63) is 71.3 Å². The van der Waals surface area contributed by atoms with Crippen LogP contribution in [0.1, 0.15) is 65.3 Å². The number of methoxy groups -OCH3 is 2. The molecule has 0 aliphatic heterocycles. The number of carbonyl (C=O) groups is 4. The van der Waals surface area contributed by atoms with Crippen LogP contribution in [-0.2, 0) is 25.6 Å². The van der Waals surface area contributed by atoms with Gasteiger partial charge in [0.05, 0.1) is 39.2 Å². The minimum absolute atomic E-state index is 0.135. The van der Waals surface area contributed by atoms with E-state index in [1.54, 1.807) is 27.3 Å². The number of allylic oxidation sites excluding steroid dienone is 2. The number of rotatable bonds is 17. The Kier molecular flexibility index (Phi) is 14.8. The number of aromatic amines is 1. The molecule has 2 heterocycles. The molecule has 13 nitrogen and oxygen atoms in total. The van der Waals surface area contributed by atoms with Crippen LogP contribution in [-0.4, -0.2) is 90.7 Å². The first-order chi connectivity index (χ1) is 25.5.